The Morgan fingerprint density at radius 3 is 1.50 bits per heavy atom. The van der Waals surface area contributed by atoms with Crippen molar-refractivity contribution in [3.63, 3.8) is 0 Å². The van der Waals surface area contributed by atoms with Gasteiger partial charge in [0.1, 0.15) is 21.3 Å². The Bertz CT molecular complexity index is 6630. The maximum atomic E-state index is 14.9. The molecule has 4 aliphatic carbocycles. The number of benzene rings is 8. The number of likely N-dealkylation sites (N-methyl/N-ethyl adjacent to an activating group) is 2. The minimum atomic E-state index is -5.03. The van der Waals surface area contributed by atoms with E-state index in [0.29, 0.717) is 39.1 Å². The number of anilines is 8. The molecular formula is C80H62N14O19S4. The number of hydrogen-bond acceptors (Lipinski definition) is 27. The van der Waals surface area contributed by atoms with Crippen LogP contribution in [0.25, 0.3) is 11.1 Å². The van der Waals surface area contributed by atoms with Gasteiger partial charge in [-0.3, -0.25) is 42.2 Å². The van der Waals surface area contributed by atoms with E-state index in [0.717, 1.165) is 36.4 Å². The molecule has 117 heavy (non-hydrogen) atoms. The van der Waals surface area contributed by atoms with Crippen LogP contribution in [0.15, 0.2) is 272 Å². The first-order valence-electron chi connectivity index (χ1n) is 35.5. The summed E-state index contributed by atoms with van der Waals surface area (Å²) in [6, 6.07) is 44.9. The molecule has 0 fully saturated rings. The van der Waals surface area contributed by atoms with Gasteiger partial charge in [-0.2, -0.15) is 63.6 Å². The average Bonchev–Trinajstić information content (AvgIpc) is 0.728. The highest BCUT2D eigenvalue weighted by molar-refractivity contribution is 7.86. The van der Waals surface area contributed by atoms with Crippen molar-refractivity contribution in [2.45, 2.75) is 38.1 Å². The van der Waals surface area contributed by atoms with E-state index in [2.05, 4.69) is 61.8 Å². The van der Waals surface area contributed by atoms with Gasteiger partial charge in [0.2, 0.25) is 23.8 Å². The lowest BCUT2D eigenvalue weighted by molar-refractivity contribution is -0.128. The Balaban J connectivity index is 0.693. The van der Waals surface area contributed by atoms with Crippen molar-refractivity contribution in [3.8, 4) is 23.5 Å². The zero-order valence-electron chi connectivity index (χ0n) is 60.8. The van der Waals surface area contributed by atoms with Crippen LogP contribution < -0.4 is 41.4 Å². The van der Waals surface area contributed by atoms with Crippen molar-refractivity contribution >= 4 is 127 Å². The van der Waals surface area contributed by atoms with E-state index in [-0.39, 0.29) is 123 Å². The smallest absolute Gasteiger partial charge is 0.328 e. The predicted molar refractivity (Wildman–Crippen MR) is 424 cm³/mol. The molecule has 10 N–H and O–H groups in total. The van der Waals surface area contributed by atoms with Gasteiger partial charge in [-0.15, -0.1) is 0 Å². The van der Waals surface area contributed by atoms with Gasteiger partial charge in [-0.05, 0) is 137 Å². The molecule has 4 atom stereocenters. The van der Waals surface area contributed by atoms with Gasteiger partial charge in [-0.25, -0.2) is 0 Å². The highest BCUT2D eigenvalue weighted by atomic mass is 32.2. The molecule has 2 amide bonds. The second-order valence-electron chi connectivity index (χ2n) is 27.3. The van der Waals surface area contributed by atoms with Crippen LogP contribution in [0.1, 0.15) is 47.8 Å². The lowest BCUT2D eigenvalue weighted by Crippen LogP contribution is -2.51. The highest BCUT2D eigenvalue weighted by Crippen LogP contribution is 2.53. The number of fused-ring (bicyclic) bond motifs is 4. The third-order valence-corrected chi connectivity index (χ3v) is 23.6. The summed E-state index contributed by atoms with van der Waals surface area (Å²) < 4.78 is 155. The van der Waals surface area contributed by atoms with Crippen molar-refractivity contribution in [1.29, 1.82) is 0 Å². The van der Waals surface area contributed by atoms with E-state index in [4.69, 9.17) is 9.47 Å². The van der Waals surface area contributed by atoms with Crippen LogP contribution >= 0.6 is 0 Å². The van der Waals surface area contributed by atoms with Crippen LogP contribution in [-0.4, -0.2) is 160 Å². The largest absolute Gasteiger partial charge is 0.424 e. The van der Waals surface area contributed by atoms with Gasteiger partial charge < -0.3 is 51.2 Å². The minimum Gasteiger partial charge on any atom is -0.424 e. The number of nitrogens with zero attached hydrogens (tertiary/aromatic N) is 8. The zero-order chi connectivity index (χ0) is 82.1. The van der Waals surface area contributed by atoms with Crippen LogP contribution in [0.3, 0.4) is 0 Å². The summed E-state index contributed by atoms with van der Waals surface area (Å²) in [5, 5.41) is 18.4. The number of hydrogen-bond donors (Lipinski definition) is 10. The number of ketones is 3. The number of carbonyl (C=O) groups excluding carboxylic acids is 5. The SMILES string of the molecule is CN1C(=O)C(C(=O)c2cccc(S(=O)(=O)O)c2)=C2c3ccccc3CC3=C(Nc4cc(Nc5nc(NCCNc6nc(Nc7cc(NC8=C9C(=O)c%10ccccc%10C%10=C(C(=O)c%11ccccc%11)C(=O)N(C)C(C=C8)C9%10)ccc7S(=O)(=O)O)nc(Oc7ccccc7)n6)nc(Oc6ccc(S(=O)(=O)O)cc6)n5)ccc4S(=O)(=O)O)C=CC1C32. The summed E-state index contributed by atoms with van der Waals surface area (Å²) in [5.41, 5.74) is 3.43. The van der Waals surface area contributed by atoms with Gasteiger partial charge in [0, 0.05) is 84.1 Å². The quantitative estimate of drug-likeness (QED) is 0.0110. The maximum absolute atomic E-state index is 14.9. The number of Topliss-reactive ketones (excluding diaryl/α,β-unsaturated/α-hetero) is 3. The van der Waals surface area contributed by atoms with Crippen molar-refractivity contribution in [2.24, 2.45) is 11.8 Å². The summed E-state index contributed by atoms with van der Waals surface area (Å²) in [6.45, 7) is -0.166. The first-order valence-corrected chi connectivity index (χ1v) is 41.3. The number of rotatable bonds is 25. The summed E-state index contributed by atoms with van der Waals surface area (Å²) in [4.78, 5) is 100. The number of nitrogens with one attached hydrogen (secondary N) is 6. The third kappa shape index (κ3) is 15.3. The zero-order valence-corrected chi connectivity index (χ0v) is 64.1. The first kappa shape index (κ1) is 77.2. The second-order valence-corrected chi connectivity index (χ2v) is 32.9. The van der Waals surface area contributed by atoms with Gasteiger partial charge in [-0.1, -0.05) is 121 Å². The van der Waals surface area contributed by atoms with E-state index in [1.165, 1.54) is 65.4 Å². The normalized spacial score (nSPS) is 17.5. The molecule has 0 radical (unpaired) electrons. The molecule has 0 saturated carbocycles. The molecule has 0 bridgehead atoms. The Morgan fingerprint density at radius 1 is 0.436 bits per heavy atom. The summed E-state index contributed by atoms with van der Waals surface area (Å²) >= 11 is 0. The van der Waals surface area contributed by atoms with Gasteiger partial charge in [0.15, 0.2) is 17.3 Å². The molecular weight excluding hydrogens is 1590 g/mol. The molecule has 8 aromatic carbocycles. The Hall–Kier alpha value is -13.8. The van der Waals surface area contributed by atoms with Crippen LogP contribution in [0, 0.1) is 11.8 Å². The molecule has 6 aliphatic rings. The molecule has 0 saturated heterocycles. The number of aromatic nitrogens is 6. The van der Waals surface area contributed by atoms with Crippen molar-refractivity contribution in [2.75, 3.05) is 59.1 Å². The number of amides is 2. The van der Waals surface area contributed by atoms with E-state index in [1.807, 2.05) is 0 Å². The minimum absolute atomic E-state index is 0.0201. The molecule has 16 rings (SSSR count). The second kappa shape index (κ2) is 30.2. The molecule has 2 aliphatic heterocycles. The monoisotopic (exact) mass is 1650 g/mol. The molecule has 10 aromatic rings. The predicted octanol–water partition coefficient (Wildman–Crippen LogP) is 10.5. The Labute approximate surface area is 666 Å². The summed E-state index contributed by atoms with van der Waals surface area (Å²) in [6.07, 6.45) is 6.89. The van der Waals surface area contributed by atoms with Crippen molar-refractivity contribution < 1.29 is 85.3 Å². The molecule has 590 valence electrons. The average molecular weight is 1650 g/mol. The van der Waals surface area contributed by atoms with Gasteiger partial charge >= 0.3 is 12.0 Å². The van der Waals surface area contributed by atoms with Crippen LogP contribution in [0.2, 0.25) is 0 Å². The molecule has 2 aromatic heterocycles. The van der Waals surface area contributed by atoms with Gasteiger partial charge in [0.25, 0.3) is 52.3 Å². The number of carbonyl (C=O) groups is 5. The molecule has 37 heteroatoms. The van der Waals surface area contributed by atoms with Crippen LogP contribution in [0.5, 0.6) is 23.5 Å². The number of ether oxygens (including phenoxy) is 2. The van der Waals surface area contributed by atoms with Gasteiger partial charge in [0.05, 0.1) is 44.4 Å². The Kier molecular flexibility index (Phi) is 19.9. The fourth-order valence-electron chi connectivity index (χ4n) is 14.9. The number of allylic oxidation sites excluding steroid dienone is 2. The van der Waals surface area contributed by atoms with E-state index >= 15 is 0 Å². The summed E-state index contributed by atoms with van der Waals surface area (Å²) in [7, 11) is -16.4. The lowest BCUT2D eigenvalue weighted by Gasteiger charge is -2.46. The molecule has 4 unspecified atom stereocenters. The standard InChI is InChI=1S/C80H62N14O19S4/c1-93-59-32-30-55(54-39-43-16-9-10-21-51(43)64(63(54)59)68(73(93)98)71(96)44-17-13-20-50(38-44)115(103,104)105)85-57-41-46(25-35-61(57)116(106,107)108)84-77-87-75(89-79(91-77)113-48-26-28-49(29-27-48)114(100,101)102)81-36-37-82-76-88-78(92-80(90-76)112-47-18-7-4-8-19-47)86-58-40-45(24-34-62(58)117(109,110)111)83-56-31-33-60-67-65(52-22-11-12-23-53(52)72(97)66(56)67)69(74(99)94(60)2)70(95)42-14-5-3-6-15-42/h3-35,38,40-41,59-60,63,67,83,85H,36-37,39H2,1-2H3,(H,100,101,102)(H,103,104,105)(H,106,107,108)(H,109,110,111)(H2,81,84,87,89,91)(H2,82,86,88,90,92). The van der Waals surface area contributed by atoms with E-state index in [1.54, 1.807) is 141 Å². The van der Waals surface area contributed by atoms with E-state index < -0.39 is 119 Å². The fraction of sp³-hybridized carbons (Fsp3) is 0.113. The molecule has 0 spiro atoms. The van der Waals surface area contributed by atoms with E-state index in [9.17, 15) is 75.9 Å². The van der Waals surface area contributed by atoms with Crippen molar-refractivity contribution in [3.05, 3.63) is 285 Å². The number of para-hydroxylation sites is 1. The Morgan fingerprint density at radius 2 is 0.915 bits per heavy atom. The first-order chi connectivity index (χ1) is 55.9. The van der Waals surface area contributed by atoms with Crippen LogP contribution in [0.4, 0.5) is 46.5 Å². The highest BCUT2D eigenvalue weighted by Gasteiger charge is 2.51. The fourth-order valence-corrected chi connectivity index (χ4v) is 17.1. The summed E-state index contributed by atoms with van der Waals surface area (Å²) in [5.74, 6) is -5.24. The molecule has 33 nitrogen and oxygen atoms in total. The maximum Gasteiger partial charge on any atom is 0.328 e. The van der Waals surface area contributed by atoms with Crippen molar-refractivity contribution in [1.82, 2.24) is 39.7 Å². The third-order valence-electron chi connectivity index (χ3n) is 20.1. The lowest BCUT2D eigenvalue weighted by atomic mass is 9.65. The topological polar surface area (TPSA) is 477 Å². The van der Waals surface area contributed by atoms with Crippen LogP contribution in [-0.2, 0) is 56.5 Å². The molecule has 4 heterocycles.